The van der Waals surface area contributed by atoms with Crippen molar-refractivity contribution in [1.82, 2.24) is 0 Å². The molecule has 1 aromatic carbocycles. The zero-order valence-electron chi connectivity index (χ0n) is 6.36. The molecule has 0 fully saturated rings. The number of carbonyl (C=O) groups is 1. The number of hydrogen-bond donors (Lipinski definition) is 1. The van der Waals surface area contributed by atoms with E-state index in [1.54, 1.807) is 0 Å². The molecule has 0 amide bonds. The molecule has 1 aromatic rings. The Balaban J connectivity index is 2.61. The number of hydrogen-bond acceptors (Lipinski definition) is 3. The van der Waals surface area contributed by atoms with E-state index in [-0.39, 0.29) is 11.5 Å². The Kier molecular flexibility index (Phi) is 1.58. The molecule has 0 bridgehead atoms. The van der Waals surface area contributed by atoms with Crippen LogP contribution in [-0.4, -0.2) is 11.1 Å². The van der Waals surface area contributed by atoms with Gasteiger partial charge in [-0.25, -0.2) is 19.2 Å². The molecule has 0 saturated carbocycles. The fraction of sp³-hybridized carbons (Fsp3) is 0. The number of carboxylic acid groups (broad SMARTS) is 1. The van der Waals surface area contributed by atoms with E-state index in [4.69, 9.17) is 5.11 Å². The summed E-state index contributed by atoms with van der Waals surface area (Å²) in [6.45, 7) is 0. The van der Waals surface area contributed by atoms with Crippen LogP contribution in [0, 0.1) is 12.0 Å². The van der Waals surface area contributed by atoms with Gasteiger partial charge in [-0.1, -0.05) is 0 Å². The van der Waals surface area contributed by atoms with Gasteiger partial charge in [-0.2, -0.15) is 0 Å². The van der Waals surface area contributed by atoms with Crippen molar-refractivity contribution in [2.75, 3.05) is 0 Å². The first-order valence-electron chi connectivity index (χ1n) is 3.50. The number of aliphatic carboxylic acids is 1. The normalized spacial score (nSPS) is 14.5. The highest BCUT2D eigenvalue weighted by Crippen LogP contribution is 2.04. The van der Waals surface area contributed by atoms with Crippen molar-refractivity contribution in [3.63, 3.8) is 0 Å². The second kappa shape index (κ2) is 2.62. The monoisotopic (exact) mass is 179 g/mol. The maximum absolute atomic E-state index is 12.6. The second-order valence-corrected chi connectivity index (χ2v) is 2.49. The van der Waals surface area contributed by atoms with Crippen molar-refractivity contribution < 1.29 is 14.3 Å². The molecule has 1 N–H and O–H groups in total. The molecule has 1 heterocycles. The Labute approximate surface area is 72.1 Å². The standard InChI is InChI=1S/C8H4FN2O2/c9-4-1-2-5-6(3-4)11-7(10-5)8(12)13/h1-3H,(H,12,13). The minimum atomic E-state index is -1.21. The van der Waals surface area contributed by atoms with E-state index in [2.05, 4.69) is 9.98 Å². The van der Waals surface area contributed by atoms with Gasteiger partial charge in [0.25, 0.3) is 0 Å². The Morgan fingerprint density at radius 2 is 2.00 bits per heavy atom. The van der Waals surface area contributed by atoms with Crippen molar-refractivity contribution in [2.45, 2.75) is 0 Å². The summed E-state index contributed by atoms with van der Waals surface area (Å²) < 4.78 is 12.6. The Morgan fingerprint density at radius 1 is 1.31 bits per heavy atom. The summed E-state index contributed by atoms with van der Waals surface area (Å²) >= 11 is 0. The van der Waals surface area contributed by atoms with Crippen molar-refractivity contribution in [3.8, 4) is 0 Å². The van der Waals surface area contributed by atoms with Gasteiger partial charge in [0.05, 0.1) is 10.7 Å². The van der Waals surface area contributed by atoms with Gasteiger partial charge in [-0.3, -0.25) is 0 Å². The third-order valence-electron chi connectivity index (χ3n) is 1.58. The first-order valence-corrected chi connectivity index (χ1v) is 3.50. The van der Waals surface area contributed by atoms with E-state index >= 15 is 0 Å². The van der Waals surface area contributed by atoms with E-state index in [0.29, 0.717) is 5.36 Å². The van der Waals surface area contributed by atoms with Crippen LogP contribution < -0.4 is 10.7 Å². The van der Waals surface area contributed by atoms with Crippen LogP contribution >= 0.6 is 0 Å². The number of nitrogens with zero attached hydrogens (tertiary/aromatic N) is 2. The minimum absolute atomic E-state index is 0.261. The van der Waals surface area contributed by atoms with Crippen LogP contribution in [0.5, 0.6) is 0 Å². The second-order valence-electron chi connectivity index (χ2n) is 2.49. The van der Waals surface area contributed by atoms with Gasteiger partial charge in [0.15, 0.2) is 0 Å². The zero-order chi connectivity index (χ0) is 9.42. The highest BCUT2D eigenvalue weighted by atomic mass is 19.1. The lowest BCUT2D eigenvalue weighted by atomic mass is 10.3. The van der Waals surface area contributed by atoms with Gasteiger partial charge in [-0.05, 0) is 12.1 Å². The molecular formula is C8H4FN2O2. The van der Waals surface area contributed by atoms with E-state index in [0.717, 1.165) is 6.07 Å². The molecule has 13 heavy (non-hydrogen) atoms. The predicted molar refractivity (Wildman–Crippen MR) is 39.6 cm³/mol. The third-order valence-corrected chi connectivity index (χ3v) is 1.58. The number of fused-ring (bicyclic) bond motifs is 1. The third kappa shape index (κ3) is 1.28. The average Bonchev–Trinajstić information content (AvgIpc) is 2.46. The van der Waals surface area contributed by atoms with Gasteiger partial charge in [-0.15, -0.1) is 0 Å². The highest BCUT2D eigenvalue weighted by molar-refractivity contribution is 5.82. The number of carboxylic acids is 1. The van der Waals surface area contributed by atoms with Gasteiger partial charge >= 0.3 is 12.1 Å². The molecule has 65 valence electrons. The fourth-order valence-electron chi connectivity index (χ4n) is 1.03. The molecule has 1 radical (unpaired) electrons. The fourth-order valence-corrected chi connectivity index (χ4v) is 1.03. The van der Waals surface area contributed by atoms with E-state index in [9.17, 15) is 9.18 Å². The highest BCUT2D eigenvalue weighted by Gasteiger charge is 2.19. The topological polar surface area (TPSA) is 62.0 Å². The zero-order valence-corrected chi connectivity index (χ0v) is 6.36. The molecule has 1 aliphatic rings. The molecule has 4 nitrogen and oxygen atoms in total. The van der Waals surface area contributed by atoms with Crippen molar-refractivity contribution in [1.29, 1.82) is 0 Å². The lowest BCUT2D eigenvalue weighted by molar-refractivity contribution is -0.134. The van der Waals surface area contributed by atoms with Gasteiger partial charge < -0.3 is 5.11 Å². The summed E-state index contributed by atoms with van der Waals surface area (Å²) in [6.07, 6.45) is -0.305. The van der Waals surface area contributed by atoms with Gasteiger partial charge in [0.1, 0.15) is 5.82 Å². The van der Waals surface area contributed by atoms with Crippen molar-refractivity contribution in [3.05, 3.63) is 40.9 Å². The summed E-state index contributed by atoms with van der Waals surface area (Å²) in [6, 6.07) is 3.75. The number of halogens is 1. The van der Waals surface area contributed by atoms with Crippen LogP contribution in [0.25, 0.3) is 0 Å². The summed E-state index contributed by atoms with van der Waals surface area (Å²) in [5.41, 5.74) is 0. The van der Waals surface area contributed by atoms with Crippen LogP contribution in [0.4, 0.5) is 4.39 Å². The van der Waals surface area contributed by atoms with E-state index in [1.165, 1.54) is 12.1 Å². The molecule has 0 aromatic heterocycles. The minimum Gasteiger partial charge on any atom is -0.478 e. The van der Waals surface area contributed by atoms with Crippen LogP contribution in [-0.2, 0) is 4.79 Å². The quantitative estimate of drug-likeness (QED) is 0.640. The van der Waals surface area contributed by atoms with Crippen molar-refractivity contribution >= 4 is 5.97 Å². The summed E-state index contributed by atoms with van der Waals surface area (Å²) in [4.78, 5) is 17.7. The van der Waals surface area contributed by atoms with E-state index in [1.807, 2.05) is 0 Å². The molecule has 0 unspecified atom stereocenters. The number of benzene rings is 1. The maximum atomic E-state index is 12.6. The SMILES string of the molecule is O=C(O)[C]1N=c2ccc(F)cc2=N1. The Hall–Kier alpha value is -1.78. The summed E-state index contributed by atoms with van der Waals surface area (Å²) in [5, 5.41) is 9.19. The lowest BCUT2D eigenvalue weighted by Crippen LogP contribution is -2.21. The van der Waals surface area contributed by atoms with Crippen molar-refractivity contribution in [2.24, 2.45) is 9.98 Å². The largest absolute Gasteiger partial charge is 0.478 e. The Morgan fingerprint density at radius 3 is 2.69 bits per heavy atom. The molecule has 0 aliphatic carbocycles. The van der Waals surface area contributed by atoms with Crippen LogP contribution in [0.1, 0.15) is 0 Å². The summed E-state index contributed by atoms with van der Waals surface area (Å²) in [7, 11) is 0. The average molecular weight is 179 g/mol. The molecule has 2 rings (SSSR count). The lowest BCUT2D eigenvalue weighted by Gasteiger charge is -1.89. The number of rotatable bonds is 1. The first-order chi connectivity index (χ1) is 6.16. The predicted octanol–water partition coefficient (Wildman–Crippen LogP) is -0.347. The van der Waals surface area contributed by atoms with Gasteiger partial charge in [0.2, 0.25) is 0 Å². The van der Waals surface area contributed by atoms with Crippen LogP contribution in [0.15, 0.2) is 28.2 Å². The maximum Gasteiger partial charge on any atom is 0.360 e. The molecular weight excluding hydrogens is 175 g/mol. The molecule has 1 aliphatic heterocycles. The smallest absolute Gasteiger partial charge is 0.360 e. The molecule has 0 saturated heterocycles. The molecule has 0 spiro atoms. The first kappa shape index (κ1) is 7.85. The Bertz CT molecular complexity index is 483. The van der Waals surface area contributed by atoms with Crippen LogP contribution in [0.3, 0.4) is 0 Å². The summed E-state index contributed by atoms with van der Waals surface area (Å²) in [5.74, 6) is -1.67. The van der Waals surface area contributed by atoms with E-state index < -0.39 is 11.8 Å². The molecule has 5 heteroatoms. The van der Waals surface area contributed by atoms with Gasteiger partial charge in [0, 0.05) is 6.07 Å². The van der Waals surface area contributed by atoms with Crippen LogP contribution in [0.2, 0.25) is 0 Å². The molecule has 0 atom stereocenters.